The summed E-state index contributed by atoms with van der Waals surface area (Å²) in [4.78, 5) is 22.9. The zero-order chi connectivity index (χ0) is 16.5. The number of aliphatic carboxylic acids is 1. The van der Waals surface area contributed by atoms with Crippen molar-refractivity contribution in [3.05, 3.63) is 23.8 Å². The van der Waals surface area contributed by atoms with Crippen LogP contribution in [-0.4, -0.2) is 37.2 Å². The van der Waals surface area contributed by atoms with Crippen LogP contribution in [-0.2, 0) is 16.0 Å². The first kappa shape index (κ1) is 17.8. The van der Waals surface area contributed by atoms with Crippen molar-refractivity contribution in [3.63, 3.8) is 0 Å². The summed E-state index contributed by atoms with van der Waals surface area (Å²) in [6.45, 7) is 1.88. The van der Waals surface area contributed by atoms with Gasteiger partial charge >= 0.3 is 5.97 Å². The highest BCUT2D eigenvalue weighted by atomic mass is 16.5. The predicted octanol–water partition coefficient (Wildman–Crippen LogP) is 2.01. The number of ether oxygens (including phenoxy) is 2. The average Bonchev–Trinajstić information content (AvgIpc) is 2.51. The van der Waals surface area contributed by atoms with Crippen LogP contribution in [0.4, 0.5) is 0 Å². The highest BCUT2D eigenvalue weighted by Crippen LogP contribution is 2.23. The molecule has 0 aliphatic heterocycles. The molecule has 0 aliphatic carbocycles. The fraction of sp³-hybridized carbons (Fsp3) is 0.500. The molecule has 6 nitrogen and oxygen atoms in total. The Morgan fingerprint density at radius 3 is 2.23 bits per heavy atom. The lowest BCUT2D eigenvalue weighted by atomic mass is 10.1. The van der Waals surface area contributed by atoms with Crippen LogP contribution in [0, 0.1) is 0 Å². The van der Waals surface area contributed by atoms with E-state index in [0.29, 0.717) is 30.8 Å². The Balaban J connectivity index is 2.61. The van der Waals surface area contributed by atoms with Crippen molar-refractivity contribution >= 4 is 11.9 Å². The van der Waals surface area contributed by atoms with Crippen molar-refractivity contribution in [1.82, 2.24) is 5.32 Å². The fourth-order valence-corrected chi connectivity index (χ4v) is 2.08. The van der Waals surface area contributed by atoms with Crippen LogP contribution in [0.1, 0.15) is 31.7 Å². The molecule has 6 heteroatoms. The molecule has 1 unspecified atom stereocenters. The molecule has 22 heavy (non-hydrogen) atoms. The highest BCUT2D eigenvalue weighted by molar-refractivity contribution is 5.83. The molecule has 0 radical (unpaired) electrons. The van der Waals surface area contributed by atoms with Crippen molar-refractivity contribution in [1.29, 1.82) is 0 Å². The molecular weight excluding hydrogens is 286 g/mol. The molecule has 0 saturated heterocycles. The monoisotopic (exact) mass is 309 g/mol. The lowest BCUT2D eigenvalue weighted by Crippen LogP contribution is -2.40. The Hall–Kier alpha value is -2.24. The SMILES string of the molecule is CCCC(NC(=O)CCc1cc(OC)cc(OC)c1)C(=O)O. The van der Waals surface area contributed by atoms with Crippen molar-refractivity contribution in [3.8, 4) is 11.5 Å². The molecule has 1 amide bonds. The zero-order valence-corrected chi connectivity index (χ0v) is 13.2. The summed E-state index contributed by atoms with van der Waals surface area (Å²) in [7, 11) is 3.13. The molecule has 2 N–H and O–H groups in total. The summed E-state index contributed by atoms with van der Waals surface area (Å²) in [5.74, 6) is 0.0363. The Bertz CT molecular complexity index is 493. The molecule has 1 atom stereocenters. The first-order chi connectivity index (χ1) is 10.5. The summed E-state index contributed by atoms with van der Waals surface area (Å²) in [5.41, 5.74) is 0.897. The van der Waals surface area contributed by atoms with Crippen LogP contribution in [0.15, 0.2) is 18.2 Å². The number of carboxylic acids is 1. The third-order valence-electron chi connectivity index (χ3n) is 3.26. The van der Waals surface area contributed by atoms with Crippen molar-refractivity contribution in [2.75, 3.05) is 14.2 Å². The van der Waals surface area contributed by atoms with Crippen LogP contribution < -0.4 is 14.8 Å². The van der Waals surface area contributed by atoms with Crippen molar-refractivity contribution in [2.45, 2.75) is 38.6 Å². The smallest absolute Gasteiger partial charge is 0.326 e. The van der Waals surface area contributed by atoms with Gasteiger partial charge in [0.25, 0.3) is 0 Å². The number of carboxylic acid groups (broad SMARTS) is 1. The van der Waals surface area contributed by atoms with E-state index in [1.807, 2.05) is 19.1 Å². The Kier molecular flexibility index (Phi) is 7.22. The van der Waals surface area contributed by atoms with Gasteiger partial charge in [-0.15, -0.1) is 0 Å². The van der Waals surface area contributed by atoms with Crippen LogP contribution in [0.3, 0.4) is 0 Å². The van der Waals surface area contributed by atoms with E-state index in [9.17, 15) is 9.59 Å². The van der Waals surface area contributed by atoms with Gasteiger partial charge in [-0.3, -0.25) is 4.79 Å². The van der Waals surface area contributed by atoms with E-state index in [1.165, 1.54) is 0 Å². The second-order valence-corrected chi connectivity index (χ2v) is 4.97. The van der Waals surface area contributed by atoms with Gasteiger partial charge in [0, 0.05) is 12.5 Å². The van der Waals surface area contributed by atoms with Gasteiger partial charge < -0.3 is 19.9 Å². The average molecular weight is 309 g/mol. The molecule has 0 heterocycles. The third kappa shape index (κ3) is 5.63. The third-order valence-corrected chi connectivity index (χ3v) is 3.26. The minimum absolute atomic E-state index is 0.212. The van der Waals surface area contributed by atoms with E-state index in [0.717, 1.165) is 5.56 Å². The van der Waals surface area contributed by atoms with Gasteiger partial charge in [-0.2, -0.15) is 0 Å². The predicted molar refractivity (Wildman–Crippen MR) is 82.3 cm³/mol. The van der Waals surface area contributed by atoms with Gasteiger partial charge in [0.05, 0.1) is 14.2 Å². The van der Waals surface area contributed by atoms with Crippen LogP contribution >= 0.6 is 0 Å². The summed E-state index contributed by atoms with van der Waals surface area (Å²) < 4.78 is 10.3. The summed E-state index contributed by atoms with van der Waals surface area (Å²) >= 11 is 0. The molecule has 0 fully saturated rings. The number of rotatable bonds is 9. The van der Waals surface area contributed by atoms with E-state index in [2.05, 4.69) is 5.32 Å². The number of nitrogens with one attached hydrogen (secondary N) is 1. The van der Waals surface area contributed by atoms with E-state index in [-0.39, 0.29) is 12.3 Å². The Morgan fingerprint density at radius 1 is 1.18 bits per heavy atom. The van der Waals surface area contributed by atoms with E-state index < -0.39 is 12.0 Å². The van der Waals surface area contributed by atoms with Gasteiger partial charge in [0.2, 0.25) is 5.91 Å². The normalized spacial score (nSPS) is 11.6. The Morgan fingerprint density at radius 2 is 1.77 bits per heavy atom. The van der Waals surface area contributed by atoms with Gasteiger partial charge in [-0.25, -0.2) is 4.79 Å². The van der Waals surface area contributed by atoms with Crippen LogP contribution in [0.25, 0.3) is 0 Å². The van der Waals surface area contributed by atoms with Crippen molar-refractivity contribution < 1.29 is 24.2 Å². The lowest BCUT2D eigenvalue weighted by Gasteiger charge is -2.13. The molecule has 0 saturated carbocycles. The molecular formula is C16H23NO5. The van der Waals surface area contributed by atoms with E-state index in [1.54, 1.807) is 20.3 Å². The maximum Gasteiger partial charge on any atom is 0.326 e. The number of hydrogen-bond acceptors (Lipinski definition) is 4. The number of benzene rings is 1. The molecule has 0 bridgehead atoms. The lowest BCUT2D eigenvalue weighted by molar-refractivity contribution is -0.142. The highest BCUT2D eigenvalue weighted by Gasteiger charge is 2.18. The number of carbonyl (C=O) groups is 2. The summed E-state index contributed by atoms with van der Waals surface area (Å²) in [6.07, 6.45) is 1.82. The van der Waals surface area contributed by atoms with Gasteiger partial charge in [0.1, 0.15) is 17.5 Å². The number of carbonyl (C=O) groups excluding carboxylic acids is 1. The topological polar surface area (TPSA) is 84.9 Å². The molecule has 0 aliphatic rings. The first-order valence-electron chi connectivity index (χ1n) is 7.24. The second-order valence-electron chi connectivity index (χ2n) is 4.97. The van der Waals surface area contributed by atoms with E-state index in [4.69, 9.17) is 14.6 Å². The van der Waals surface area contributed by atoms with Crippen LogP contribution in [0.5, 0.6) is 11.5 Å². The molecule has 0 aromatic heterocycles. The maximum absolute atomic E-state index is 11.9. The summed E-state index contributed by atoms with van der Waals surface area (Å²) in [6, 6.07) is 4.59. The number of hydrogen-bond donors (Lipinski definition) is 2. The molecule has 1 rings (SSSR count). The van der Waals surface area contributed by atoms with Crippen molar-refractivity contribution in [2.24, 2.45) is 0 Å². The first-order valence-corrected chi connectivity index (χ1v) is 7.24. The minimum Gasteiger partial charge on any atom is -0.497 e. The maximum atomic E-state index is 11.9. The zero-order valence-electron chi connectivity index (χ0n) is 13.2. The number of amides is 1. The van der Waals surface area contributed by atoms with E-state index >= 15 is 0 Å². The quantitative estimate of drug-likeness (QED) is 0.729. The number of aryl methyl sites for hydroxylation is 1. The molecule has 0 spiro atoms. The number of methoxy groups -OCH3 is 2. The standard InChI is InChI=1S/C16H23NO5/c1-4-5-14(16(19)20)17-15(18)7-6-11-8-12(21-2)10-13(9-11)22-3/h8-10,14H,4-7H2,1-3H3,(H,17,18)(H,19,20). The van der Waals surface area contributed by atoms with Gasteiger partial charge in [-0.1, -0.05) is 13.3 Å². The van der Waals surface area contributed by atoms with Crippen LogP contribution in [0.2, 0.25) is 0 Å². The second kappa shape index (κ2) is 8.92. The summed E-state index contributed by atoms with van der Waals surface area (Å²) in [5, 5.41) is 11.6. The molecule has 1 aromatic carbocycles. The Labute approximate surface area is 130 Å². The largest absolute Gasteiger partial charge is 0.497 e. The fourth-order valence-electron chi connectivity index (χ4n) is 2.08. The molecule has 122 valence electrons. The molecule has 1 aromatic rings. The minimum atomic E-state index is -1.00. The van der Waals surface area contributed by atoms with Gasteiger partial charge in [-0.05, 0) is 30.5 Å². The van der Waals surface area contributed by atoms with Gasteiger partial charge in [0.15, 0.2) is 0 Å².